The van der Waals surface area contributed by atoms with Gasteiger partial charge < -0.3 is 0 Å². The molecule has 0 spiro atoms. The van der Waals surface area contributed by atoms with Crippen molar-refractivity contribution in [3.8, 4) is 0 Å². The monoisotopic (exact) mass is 696 g/mol. The van der Waals surface area contributed by atoms with Crippen molar-refractivity contribution in [3.05, 3.63) is 154 Å². The van der Waals surface area contributed by atoms with Gasteiger partial charge in [0.1, 0.15) is 0 Å². The molecule has 0 fully saturated rings. The summed E-state index contributed by atoms with van der Waals surface area (Å²) in [6.07, 6.45) is 0. The van der Waals surface area contributed by atoms with Gasteiger partial charge >= 0.3 is 249 Å². The van der Waals surface area contributed by atoms with E-state index < -0.39 is 58.4 Å². The van der Waals surface area contributed by atoms with Crippen LogP contribution in [0.5, 0.6) is 0 Å². The Morgan fingerprint density at radius 1 is 0.442 bits per heavy atom. The number of rotatable bonds is 6. The van der Waals surface area contributed by atoms with Crippen molar-refractivity contribution in [3.63, 3.8) is 0 Å². The zero-order valence-electron chi connectivity index (χ0n) is 23.9. The maximum absolute atomic E-state index is 15.2. The summed E-state index contributed by atoms with van der Waals surface area (Å²) in [5.74, 6) is -13.0. The minimum atomic E-state index is -6.10. The molecule has 220 valence electrons. The third-order valence-corrected chi connectivity index (χ3v) is 24.0. The Balaban J connectivity index is 2.02. The first kappa shape index (κ1) is 30.5. The Kier molecular flexibility index (Phi) is 7.99. The number of aryl methyl sites for hydroxylation is 4. The SMILES string of the molecule is Cc1cc[c]([Sb]([O]C(=O)c2c(F)c(F)c(F)c(F)c2F)([c]2ccc(C)cc2)([c]2ccc(C)cc2)[c]2ccc(C)cc2)cc1. The van der Waals surface area contributed by atoms with E-state index in [0.29, 0.717) is 14.0 Å². The predicted molar refractivity (Wildman–Crippen MR) is 161 cm³/mol. The van der Waals surface area contributed by atoms with E-state index >= 15 is 8.78 Å². The van der Waals surface area contributed by atoms with Gasteiger partial charge in [0.25, 0.3) is 0 Å². The average Bonchev–Trinajstić information content (AvgIpc) is 3.00. The van der Waals surface area contributed by atoms with Gasteiger partial charge in [-0.3, -0.25) is 0 Å². The van der Waals surface area contributed by atoms with Crippen LogP contribution >= 0.6 is 0 Å². The van der Waals surface area contributed by atoms with Crippen LogP contribution in [-0.4, -0.2) is 23.8 Å². The molecule has 0 atom stereocenters. The van der Waals surface area contributed by atoms with Crippen LogP contribution in [0.25, 0.3) is 0 Å². The maximum atomic E-state index is 15.2. The van der Waals surface area contributed by atoms with E-state index in [1.807, 2.05) is 125 Å². The number of hydrogen-bond donors (Lipinski definition) is 0. The third kappa shape index (κ3) is 4.74. The van der Waals surface area contributed by atoms with Crippen molar-refractivity contribution in [2.24, 2.45) is 0 Å². The van der Waals surface area contributed by atoms with E-state index in [2.05, 4.69) is 0 Å². The molecule has 0 unspecified atom stereocenters. The second-order valence-electron chi connectivity index (χ2n) is 10.7. The first-order chi connectivity index (χ1) is 20.4. The van der Waals surface area contributed by atoms with Crippen molar-refractivity contribution >= 4 is 37.8 Å². The molecule has 0 bridgehead atoms. The molecule has 0 aromatic heterocycles. The molecule has 8 heteroatoms. The van der Waals surface area contributed by atoms with Crippen molar-refractivity contribution in [2.45, 2.75) is 27.7 Å². The molecule has 5 rings (SSSR count). The van der Waals surface area contributed by atoms with Gasteiger partial charge in [-0.25, -0.2) is 0 Å². The number of carbonyl (C=O) groups is 1. The van der Waals surface area contributed by atoms with Crippen LogP contribution in [0, 0.1) is 56.8 Å². The Bertz CT molecular complexity index is 1610. The molecule has 43 heavy (non-hydrogen) atoms. The van der Waals surface area contributed by atoms with Crippen LogP contribution in [0.1, 0.15) is 32.6 Å². The second-order valence-corrected chi connectivity index (χ2v) is 23.0. The van der Waals surface area contributed by atoms with Crippen LogP contribution in [0.15, 0.2) is 97.1 Å². The molecule has 5 aromatic carbocycles. The van der Waals surface area contributed by atoms with E-state index in [-0.39, 0.29) is 0 Å². The van der Waals surface area contributed by atoms with E-state index in [0.717, 1.165) is 22.3 Å². The fourth-order valence-electron chi connectivity index (χ4n) is 5.42. The summed E-state index contributed by atoms with van der Waals surface area (Å²) in [6, 6.07) is 29.2. The first-order valence-corrected chi connectivity index (χ1v) is 19.6. The summed E-state index contributed by atoms with van der Waals surface area (Å²) < 4.78 is 82.1. The third-order valence-electron chi connectivity index (χ3n) is 7.79. The van der Waals surface area contributed by atoms with Gasteiger partial charge in [-0.1, -0.05) is 0 Å². The zero-order chi connectivity index (χ0) is 31.1. The molecule has 0 aliphatic rings. The van der Waals surface area contributed by atoms with Crippen molar-refractivity contribution in [1.29, 1.82) is 0 Å². The Morgan fingerprint density at radius 3 is 0.930 bits per heavy atom. The molecule has 2 nitrogen and oxygen atoms in total. The Morgan fingerprint density at radius 2 is 0.674 bits per heavy atom. The van der Waals surface area contributed by atoms with E-state index in [4.69, 9.17) is 3.02 Å². The molecule has 0 N–H and O–H groups in total. The van der Waals surface area contributed by atoms with Crippen LogP contribution in [0.2, 0.25) is 0 Å². The van der Waals surface area contributed by atoms with Crippen molar-refractivity contribution in [2.75, 3.05) is 0 Å². The Labute approximate surface area is 248 Å². The van der Waals surface area contributed by atoms with Gasteiger partial charge in [-0.15, -0.1) is 0 Å². The van der Waals surface area contributed by atoms with Crippen LogP contribution in [0.4, 0.5) is 22.0 Å². The zero-order valence-corrected chi connectivity index (χ0v) is 26.4. The van der Waals surface area contributed by atoms with Crippen LogP contribution in [0.3, 0.4) is 0 Å². The van der Waals surface area contributed by atoms with E-state index in [1.165, 1.54) is 0 Å². The van der Waals surface area contributed by atoms with Gasteiger partial charge in [0.15, 0.2) is 0 Å². The second kappa shape index (κ2) is 11.3. The number of carbonyl (C=O) groups excluding carboxylic acids is 1. The van der Waals surface area contributed by atoms with Gasteiger partial charge in [-0.05, 0) is 0 Å². The number of halogens is 5. The summed E-state index contributed by atoms with van der Waals surface area (Å²) in [7, 11) is 0. The molecule has 5 aromatic rings. The Hall–Kier alpha value is -3.96. The number of benzene rings is 5. The standard InChI is InChI=1S/C7HF5O2.4C7H7.Sb/c8-2-1(7(13)14)3(9)5(11)6(12)4(2)10;4*1-7-5-3-2-4-6-7;/h(H,13,14);4*3-6H,1H3;/q;;;;;+1/p-1. The molecule has 0 radical (unpaired) electrons. The summed E-state index contributed by atoms with van der Waals surface area (Å²) >= 11 is -6.10. The molecule has 0 aliphatic carbocycles. The van der Waals surface area contributed by atoms with Gasteiger partial charge in [0, 0.05) is 0 Å². The summed E-state index contributed by atoms with van der Waals surface area (Å²) in [6.45, 7) is 7.54. The molecule has 0 aliphatic heterocycles. The minimum absolute atomic E-state index is 0.562. The fourth-order valence-corrected chi connectivity index (χ4v) is 21.1. The normalized spacial score (nSPS) is 12.4. The van der Waals surface area contributed by atoms with E-state index in [1.54, 1.807) is 0 Å². The summed E-state index contributed by atoms with van der Waals surface area (Å²) in [5, 5.41) is 0. The van der Waals surface area contributed by atoms with Crippen molar-refractivity contribution < 1.29 is 29.8 Å². The first-order valence-electron chi connectivity index (χ1n) is 13.5. The van der Waals surface area contributed by atoms with Gasteiger partial charge in [-0.2, -0.15) is 0 Å². The predicted octanol–water partition coefficient (Wildman–Crippen LogP) is 6.30. The van der Waals surface area contributed by atoms with E-state index in [9.17, 15) is 18.0 Å². The molecular weight excluding hydrogens is 669 g/mol. The molecule has 0 heterocycles. The fraction of sp³-hybridized carbons (Fsp3) is 0.114. The van der Waals surface area contributed by atoms with Crippen LogP contribution < -0.4 is 14.0 Å². The molecule has 0 saturated heterocycles. The van der Waals surface area contributed by atoms with Crippen LogP contribution in [-0.2, 0) is 3.02 Å². The topological polar surface area (TPSA) is 26.3 Å². The van der Waals surface area contributed by atoms with Crippen molar-refractivity contribution in [1.82, 2.24) is 0 Å². The summed E-state index contributed by atoms with van der Waals surface area (Å²) in [5.41, 5.74) is 1.97. The van der Waals surface area contributed by atoms with Gasteiger partial charge in [0.05, 0.1) is 0 Å². The molecule has 0 amide bonds. The quantitative estimate of drug-likeness (QED) is 0.0902. The molecular formula is C35H28F5O2Sb. The van der Waals surface area contributed by atoms with Gasteiger partial charge in [0.2, 0.25) is 0 Å². The number of hydrogen-bond acceptors (Lipinski definition) is 2. The summed E-state index contributed by atoms with van der Waals surface area (Å²) in [4.78, 5) is 14.2. The molecule has 0 saturated carbocycles. The average molecular weight is 697 g/mol.